The monoisotopic (exact) mass is 388 g/mol. The van der Waals surface area contributed by atoms with Crippen molar-refractivity contribution in [3.8, 4) is 5.75 Å². The first-order valence-electron chi connectivity index (χ1n) is 7.80. The minimum Gasteiger partial charge on any atom is -0.497 e. The van der Waals surface area contributed by atoms with Crippen LogP contribution in [0.25, 0.3) is 11.0 Å². The van der Waals surface area contributed by atoms with Gasteiger partial charge in [-0.05, 0) is 35.9 Å². The van der Waals surface area contributed by atoms with Crippen LogP contribution in [0.5, 0.6) is 5.75 Å². The van der Waals surface area contributed by atoms with Crippen LogP contribution in [0, 0.1) is 0 Å². The van der Waals surface area contributed by atoms with Crippen molar-refractivity contribution in [1.82, 2.24) is 5.32 Å². The van der Waals surface area contributed by atoms with Crippen molar-refractivity contribution >= 4 is 26.9 Å². The molecule has 27 heavy (non-hydrogen) atoms. The molecule has 1 amide bonds. The summed E-state index contributed by atoms with van der Waals surface area (Å²) in [6.45, 7) is 0.101. The van der Waals surface area contributed by atoms with E-state index in [1.165, 1.54) is 37.4 Å². The molecule has 3 aromatic rings. The van der Waals surface area contributed by atoms with Gasteiger partial charge in [-0.2, -0.15) is 0 Å². The van der Waals surface area contributed by atoms with Gasteiger partial charge in [0.2, 0.25) is 10.0 Å². The van der Waals surface area contributed by atoms with Crippen molar-refractivity contribution in [3.05, 3.63) is 70.1 Å². The first kappa shape index (κ1) is 18.6. The quantitative estimate of drug-likeness (QED) is 0.635. The lowest BCUT2D eigenvalue weighted by Crippen LogP contribution is -2.27. The summed E-state index contributed by atoms with van der Waals surface area (Å²) >= 11 is 0. The molecule has 3 N–H and O–H groups in total. The van der Waals surface area contributed by atoms with Gasteiger partial charge >= 0.3 is 5.63 Å². The van der Waals surface area contributed by atoms with Gasteiger partial charge in [0, 0.05) is 18.0 Å². The summed E-state index contributed by atoms with van der Waals surface area (Å²) in [5, 5.41) is 8.21. The van der Waals surface area contributed by atoms with Crippen LogP contribution in [0.4, 0.5) is 0 Å². The van der Waals surface area contributed by atoms with E-state index >= 15 is 0 Å². The smallest absolute Gasteiger partial charge is 0.349 e. The Labute approximate surface area is 154 Å². The summed E-state index contributed by atoms with van der Waals surface area (Å²) in [5.74, 6) is -0.0669. The third kappa shape index (κ3) is 4.15. The molecule has 140 valence electrons. The van der Waals surface area contributed by atoms with Crippen molar-refractivity contribution in [1.29, 1.82) is 0 Å². The van der Waals surface area contributed by atoms with E-state index in [4.69, 9.17) is 14.3 Å². The maximum Gasteiger partial charge on any atom is 0.349 e. The van der Waals surface area contributed by atoms with Gasteiger partial charge in [0.25, 0.3) is 5.91 Å². The van der Waals surface area contributed by atoms with E-state index in [1.807, 2.05) is 0 Å². The molecule has 0 fully saturated rings. The van der Waals surface area contributed by atoms with Crippen molar-refractivity contribution < 1.29 is 22.4 Å². The number of hydrogen-bond acceptors (Lipinski definition) is 6. The molecule has 0 bridgehead atoms. The lowest BCUT2D eigenvalue weighted by Gasteiger charge is -2.07. The van der Waals surface area contributed by atoms with Gasteiger partial charge < -0.3 is 14.5 Å². The number of ether oxygens (including phenoxy) is 1. The number of rotatable bonds is 5. The second-order valence-electron chi connectivity index (χ2n) is 5.72. The van der Waals surface area contributed by atoms with Crippen LogP contribution in [0.1, 0.15) is 15.9 Å². The summed E-state index contributed by atoms with van der Waals surface area (Å²) in [6, 6.07) is 12.1. The van der Waals surface area contributed by atoms with Gasteiger partial charge in [-0.15, -0.1) is 0 Å². The molecule has 0 atom stereocenters. The zero-order valence-electron chi connectivity index (χ0n) is 14.3. The molecule has 1 heterocycles. The Kier molecular flexibility index (Phi) is 4.98. The highest BCUT2D eigenvalue weighted by atomic mass is 32.2. The Morgan fingerprint density at radius 1 is 1.15 bits per heavy atom. The number of benzene rings is 2. The Morgan fingerprint density at radius 3 is 2.48 bits per heavy atom. The topological polar surface area (TPSA) is 129 Å². The summed E-state index contributed by atoms with van der Waals surface area (Å²) in [4.78, 5) is 24.4. The average Bonchev–Trinajstić information content (AvgIpc) is 2.64. The number of carbonyl (C=O) groups is 1. The zero-order valence-corrected chi connectivity index (χ0v) is 15.1. The molecule has 9 heteroatoms. The van der Waals surface area contributed by atoms with Crippen LogP contribution in [0.15, 0.2) is 62.6 Å². The number of fused-ring (bicyclic) bond motifs is 1. The van der Waals surface area contributed by atoms with Crippen LogP contribution < -0.4 is 20.8 Å². The number of amides is 1. The number of nitrogens with one attached hydrogen (secondary N) is 1. The van der Waals surface area contributed by atoms with Gasteiger partial charge in [0.1, 0.15) is 16.9 Å². The highest BCUT2D eigenvalue weighted by Gasteiger charge is 2.14. The number of nitrogens with two attached hydrogens (primary N) is 1. The molecule has 3 rings (SSSR count). The Bertz CT molecular complexity index is 1170. The average molecular weight is 388 g/mol. The van der Waals surface area contributed by atoms with Crippen molar-refractivity contribution in [3.63, 3.8) is 0 Å². The summed E-state index contributed by atoms with van der Waals surface area (Å²) in [7, 11) is -2.28. The fourth-order valence-corrected chi connectivity index (χ4v) is 2.97. The normalized spacial score (nSPS) is 11.3. The molecule has 8 nitrogen and oxygen atoms in total. The molecular weight excluding hydrogens is 372 g/mol. The summed E-state index contributed by atoms with van der Waals surface area (Å²) in [6.07, 6.45) is 0. The highest BCUT2D eigenvalue weighted by Crippen LogP contribution is 2.20. The van der Waals surface area contributed by atoms with Crippen LogP contribution in [0.2, 0.25) is 0 Å². The van der Waals surface area contributed by atoms with Crippen molar-refractivity contribution in [2.24, 2.45) is 5.14 Å². The summed E-state index contributed by atoms with van der Waals surface area (Å²) < 4.78 is 32.7. The van der Waals surface area contributed by atoms with Gasteiger partial charge in [0.05, 0.1) is 12.0 Å². The number of sulfonamides is 1. The van der Waals surface area contributed by atoms with Crippen molar-refractivity contribution in [2.45, 2.75) is 11.4 Å². The van der Waals surface area contributed by atoms with Gasteiger partial charge in [0.15, 0.2) is 0 Å². The van der Waals surface area contributed by atoms with Gasteiger partial charge in [-0.3, -0.25) is 4.79 Å². The Balaban J connectivity index is 1.78. The molecule has 0 spiro atoms. The molecule has 0 unspecified atom stereocenters. The van der Waals surface area contributed by atoms with E-state index in [9.17, 15) is 18.0 Å². The van der Waals surface area contributed by atoms with Gasteiger partial charge in [-0.25, -0.2) is 18.4 Å². The first-order valence-corrected chi connectivity index (χ1v) is 9.34. The standard InChI is InChI=1S/C18H16N2O6S/c1-25-13-5-4-12-8-15(18(22)26-16(12)9-13)17(21)20-10-11-2-6-14(7-3-11)27(19,23)24/h2-9H,10H2,1H3,(H,20,21)(H2,19,23,24). The predicted molar refractivity (Wildman–Crippen MR) is 98.0 cm³/mol. The van der Waals surface area contributed by atoms with E-state index in [0.717, 1.165) is 0 Å². The Hall–Kier alpha value is -3.17. The van der Waals surface area contributed by atoms with Crippen molar-refractivity contribution in [2.75, 3.05) is 7.11 Å². The van der Waals surface area contributed by atoms with E-state index in [-0.39, 0.29) is 17.0 Å². The summed E-state index contributed by atoms with van der Waals surface area (Å²) in [5.41, 5.74) is 0.0618. The van der Waals surface area contributed by atoms with E-state index in [0.29, 0.717) is 22.3 Å². The third-order valence-corrected chi connectivity index (χ3v) is 4.82. The first-order chi connectivity index (χ1) is 12.8. The largest absolute Gasteiger partial charge is 0.497 e. The van der Waals surface area contributed by atoms with E-state index in [2.05, 4.69) is 5.32 Å². The molecule has 2 aromatic carbocycles. The van der Waals surface area contributed by atoms with E-state index in [1.54, 1.807) is 18.2 Å². The third-order valence-electron chi connectivity index (χ3n) is 3.89. The maximum absolute atomic E-state index is 12.3. The fraction of sp³-hybridized carbons (Fsp3) is 0.111. The zero-order chi connectivity index (χ0) is 19.6. The lowest BCUT2D eigenvalue weighted by atomic mass is 10.1. The molecule has 0 saturated carbocycles. The van der Waals surface area contributed by atoms with Crippen LogP contribution >= 0.6 is 0 Å². The number of hydrogen-bond donors (Lipinski definition) is 2. The SMILES string of the molecule is COc1ccc2cc(C(=O)NCc3ccc(S(N)(=O)=O)cc3)c(=O)oc2c1. The number of methoxy groups -OCH3 is 1. The predicted octanol–water partition coefficient (Wildman–Crippen LogP) is 1.38. The van der Waals surface area contributed by atoms with E-state index < -0.39 is 21.6 Å². The van der Waals surface area contributed by atoms with Crippen LogP contribution in [-0.2, 0) is 16.6 Å². The van der Waals surface area contributed by atoms with Gasteiger partial charge in [-0.1, -0.05) is 12.1 Å². The van der Waals surface area contributed by atoms with Crippen LogP contribution in [-0.4, -0.2) is 21.4 Å². The molecule has 0 radical (unpaired) electrons. The second kappa shape index (κ2) is 7.22. The highest BCUT2D eigenvalue weighted by molar-refractivity contribution is 7.89. The molecule has 1 aromatic heterocycles. The molecule has 0 aliphatic rings. The molecule has 0 aliphatic heterocycles. The minimum atomic E-state index is -3.78. The molecule has 0 aliphatic carbocycles. The Morgan fingerprint density at radius 2 is 1.85 bits per heavy atom. The number of carbonyl (C=O) groups excluding carboxylic acids is 1. The molecule has 0 saturated heterocycles. The minimum absolute atomic E-state index is 0.0248. The maximum atomic E-state index is 12.3. The second-order valence-corrected chi connectivity index (χ2v) is 7.28. The fourth-order valence-electron chi connectivity index (χ4n) is 2.45. The number of primary sulfonamides is 1. The van der Waals surface area contributed by atoms with Crippen LogP contribution in [0.3, 0.4) is 0 Å². The lowest BCUT2D eigenvalue weighted by molar-refractivity contribution is 0.0947. The molecular formula is C18H16N2O6S.